The first-order chi connectivity index (χ1) is 8.54. The maximum atomic E-state index is 11.9. The van der Waals surface area contributed by atoms with Crippen LogP contribution in [0.4, 0.5) is 4.79 Å². The lowest BCUT2D eigenvalue weighted by Gasteiger charge is -2.27. The number of nitrogens with zero attached hydrogens (tertiary/aromatic N) is 1. The molecule has 108 valence electrons. The number of amides is 1. The van der Waals surface area contributed by atoms with E-state index in [4.69, 9.17) is 14.9 Å². The summed E-state index contributed by atoms with van der Waals surface area (Å²) in [6.07, 6.45) is -0.685. The summed E-state index contributed by atoms with van der Waals surface area (Å²) in [4.78, 5) is 35.3. The highest BCUT2D eigenvalue weighted by molar-refractivity contribution is 5.83. The van der Waals surface area contributed by atoms with Crippen molar-refractivity contribution in [3.8, 4) is 0 Å². The second kappa shape index (κ2) is 5.07. The molecule has 2 N–H and O–H groups in total. The van der Waals surface area contributed by atoms with Crippen molar-refractivity contribution in [3.05, 3.63) is 0 Å². The van der Waals surface area contributed by atoms with Crippen LogP contribution in [0.2, 0.25) is 0 Å². The highest BCUT2D eigenvalue weighted by Crippen LogP contribution is 2.31. The van der Waals surface area contributed by atoms with Crippen molar-refractivity contribution in [3.63, 3.8) is 0 Å². The average Bonchev–Trinajstić information content (AvgIpc) is 2.53. The summed E-state index contributed by atoms with van der Waals surface area (Å²) in [7, 11) is 0. The van der Waals surface area contributed by atoms with E-state index in [1.807, 2.05) is 0 Å². The normalized spacial score (nSPS) is 27.2. The predicted molar refractivity (Wildman–Crippen MR) is 64.7 cm³/mol. The van der Waals surface area contributed by atoms with E-state index in [1.165, 1.54) is 11.8 Å². The fourth-order valence-electron chi connectivity index (χ4n) is 2.19. The van der Waals surface area contributed by atoms with Gasteiger partial charge in [0.25, 0.3) is 0 Å². The smallest absolute Gasteiger partial charge is 0.410 e. The van der Waals surface area contributed by atoms with Crippen LogP contribution in [0.15, 0.2) is 0 Å². The third-order valence-electron chi connectivity index (χ3n) is 3.07. The molecular weight excluding hydrogens is 254 g/mol. The molecule has 0 radical (unpaired) electrons. The monoisotopic (exact) mass is 273 g/mol. The van der Waals surface area contributed by atoms with Gasteiger partial charge in [-0.1, -0.05) is 0 Å². The van der Waals surface area contributed by atoms with Gasteiger partial charge in [0, 0.05) is 12.6 Å². The molecule has 0 saturated carbocycles. The Kier molecular flexibility index (Phi) is 4.07. The summed E-state index contributed by atoms with van der Waals surface area (Å²) >= 11 is 0. The molecule has 0 aromatic carbocycles. The minimum Gasteiger partial charge on any atom is -0.481 e. The number of aliphatic carboxylic acids is 2. The van der Waals surface area contributed by atoms with Crippen molar-refractivity contribution in [1.82, 2.24) is 4.90 Å². The molecule has 1 aliphatic rings. The molecule has 1 fully saturated rings. The van der Waals surface area contributed by atoms with E-state index in [0.717, 1.165) is 0 Å². The molecule has 1 saturated heterocycles. The Hall–Kier alpha value is -1.79. The number of likely N-dealkylation sites (tertiary alicyclic amines) is 1. The number of carbonyl (C=O) groups is 3. The maximum Gasteiger partial charge on any atom is 0.410 e. The number of carbonyl (C=O) groups excluding carboxylic acids is 1. The largest absolute Gasteiger partial charge is 0.481 e. The van der Waals surface area contributed by atoms with Crippen molar-refractivity contribution in [2.24, 2.45) is 11.8 Å². The number of rotatable bonds is 2. The summed E-state index contributed by atoms with van der Waals surface area (Å²) < 4.78 is 5.15. The highest BCUT2D eigenvalue weighted by Gasteiger charge is 2.49. The van der Waals surface area contributed by atoms with Crippen molar-refractivity contribution in [2.45, 2.75) is 39.3 Å². The molecule has 7 heteroatoms. The van der Waals surface area contributed by atoms with Crippen molar-refractivity contribution >= 4 is 18.0 Å². The van der Waals surface area contributed by atoms with Gasteiger partial charge >= 0.3 is 18.0 Å². The molecule has 1 rings (SSSR count). The topological polar surface area (TPSA) is 104 Å². The van der Waals surface area contributed by atoms with Gasteiger partial charge in [0.15, 0.2) is 0 Å². The summed E-state index contributed by atoms with van der Waals surface area (Å²) in [6.45, 7) is 6.44. The Bertz CT molecular complexity index is 400. The molecule has 1 heterocycles. The molecule has 0 aromatic rings. The van der Waals surface area contributed by atoms with Gasteiger partial charge in [0.1, 0.15) is 5.60 Å². The Labute approximate surface area is 111 Å². The Morgan fingerprint density at radius 3 is 2.00 bits per heavy atom. The number of hydrogen-bond donors (Lipinski definition) is 2. The first-order valence-electron chi connectivity index (χ1n) is 6.00. The lowest BCUT2D eigenvalue weighted by atomic mass is 9.91. The summed E-state index contributed by atoms with van der Waals surface area (Å²) in [6, 6.07) is -0.714. The standard InChI is InChI=1S/C12H19NO6/c1-6-8(10(16)17)7(9(14)15)5-13(6)11(18)19-12(2,3)4/h6-8H,5H2,1-4H3,(H,14,15)(H,16,17)/t6-,7+,8-/m1/s1. The highest BCUT2D eigenvalue weighted by atomic mass is 16.6. The van der Waals surface area contributed by atoms with E-state index in [0.29, 0.717) is 0 Å². The van der Waals surface area contributed by atoms with Gasteiger partial charge in [-0.3, -0.25) is 9.59 Å². The minimum atomic E-state index is -1.22. The number of ether oxygens (including phenoxy) is 1. The van der Waals surface area contributed by atoms with Crippen LogP contribution >= 0.6 is 0 Å². The van der Waals surface area contributed by atoms with E-state index in [2.05, 4.69) is 0 Å². The zero-order chi connectivity index (χ0) is 15.0. The Morgan fingerprint density at radius 1 is 1.16 bits per heavy atom. The zero-order valence-electron chi connectivity index (χ0n) is 11.4. The van der Waals surface area contributed by atoms with Crippen molar-refractivity contribution < 1.29 is 29.3 Å². The quantitative estimate of drug-likeness (QED) is 0.778. The molecule has 0 spiro atoms. The molecule has 3 atom stereocenters. The predicted octanol–water partition coefficient (Wildman–Crippen LogP) is 1.03. The van der Waals surface area contributed by atoms with Crippen molar-refractivity contribution in [1.29, 1.82) is 0 Å². The van der Waals surface area contributed by atoms with Crippen LogP contribution in [-0.4, -0.2) is 51.3 Å². The number of carboxylic acids is 2. The van der Waals surface area contributed by atoms with Gasteiger partial charge < -0.3 is 19.8 Å². The Balaban J connectivity index is 2.91. The van der Waals surface area contributed by atoms with Gasteiger partial charge in [-0.25, -0.2) is 4.79 Å². The average molecular weight is 273 g/mol. The zero-order valence-corrected chi connectivity index (χ0v) is 11.4. The van der Waals surface area contributed by atoms with E-state index < -0.39 is 41.5 Å². The molecule has 19 heavy (non-hydrogen) atoms. The van der Waals surface area contributed by atoms with E-state index in [-0.39, 0.29) is 6.54 Å². The summed E-state index contributed by atoms with van der Waals surface area (Å²) in [5.41, 5.74) is -0.711. The second-order valence-electron chi connectivity index (χ2n) is 5.68. The molecule has 0 bridgehead atoms. The molecular formula is C12H19NO6. The maximum absolute atomic E-state index is 11.9. The third-order valence-corrected chi connectivity index (χ3v) is 3.07. The van der Waals surface area contributed by atoms with E-state index >= 15 is 0 Å². The molecule has 0 unspecified atom stereocenters. The number of carboxylic acid groups (broad SMARTS) is 2. The molecule has 0 aliphatic carbocycles. The summed E-state index contributed by atoms with van der Waals surface area (Å²) in [5, 5.41) is 18.1. The lowest BCUT2D eigenvalue weighted by molar-refractivity contribution is -0.152. The fourth-order valence-corrected chi connectivity index (χ4v) is 2.19. The van der Waals surface area contributed by atoms with Gasteiger partial charge in [-0.05, 0) is 27.7 Å². The molecule has 0 aromatic heterocycles. The molecule has 7 nitrogen and oxygen atoms in total. The van der Waals surface area contributed by atoms with Crippen LogP contribution in [0, 0.1) is 11.8 Å². The third kappa shape index (κ3) is 3.36. The fraction of sp³-hybridized carbons (Fsp3) is 0.750. The van der Waals surface area contributed by atoms with Crippen molar-refractivity contribution in [2.75, 3.05) is 6.54 Å². The summed E-state index contributed by atoms with van der Waals surface area (Å²) in [5.74, 6) is -4.67. The second-order valence-corrected chi connectivity index (χ2v) is 5.68. The van der Waals surface area contributed by atoms with Gasteiger partial charge in [0.05, 0.1) is 11.8 Å². The van der Waals surface area contributed by atoms with Crippen LogP contribution in [-0.2, 0) is 14.3 Å². The first-order valence-corrected chi connectivity index (χ1v) is 6.00. The SMILES string of the molecule is C[C@@H]1[C@@H](C(=O)O)[C@@H](C(=O)O)CN1C(=O)OC(C)(C)C. The van der Waals surface area contributed by atoms with Crippen LogP contribution in [0.25, 0.3) is 0 Å². The lowest BCUT2D eigenvalue weighted by Crippen LogP contribution is -2.41. The number of hydrogen-bond acceptors (Lipinski definition) is 4. The molecule has 1 aliphatic heterocycles. The van der Waals surface area contributed by atoms with Gasteiger partial charge in [0.2, 0.25) is 0 Å². The molecule has 1 amide bonds. The van der Waals surface area contributed by atoms with Crippen LogP contribution in [0.3, 0.4) is 0 Å². The van der Waals surface area contributed by atoms with Gasteiger partial charge in [-0.2, -0.15) is 0 Å². The van der Waals surface area contributed by atoms with Crippen LogP contribution < -0.4 is 0 Å². The van der Waals surface area contributed by atoms with Gasteiger partial charge in [-0.15, -0.1) is 0 Å². The van der Waals surface area contributed by atoms with E-state index in [9.17, 15) is 14.4 Å². The first kappa shape index (κ1) is 15.3. The van der Waals surface area contributed by atoms with E-state index in [1.54, 1.807) is 20.8 Å². The van der Waals surface area contributed by atoms with Crippen LogP contribution in [0.1, 0.15) is 27.7 Å². The Morgan fingerprint density at radius 2 is 1.68 bits per heavy atom. The van der Waals surface area contributed by atoms with Crippen LogP contribution in [0.5, 0.6) is 0 Å². The minimum absolute atomic E-state index is 0.150.